The van der Waals surface area contributed by atoms with Gasteiger partial charge in [0.25, 0.3) is 5.91 Å². The lowest BCUT2D eigenvalue weighted by Crippen LogP contribution is -2.21. The van der Waals surface area contributed by atoms with Crippen LogP contribution in [0, 0.1) is 0 Å². The van der Waals surface area contributed by atoms with Crippen molar-refractivity contribution >= 4 is 46.7 Å². The lowest BCUT2D eigenvalue weighted by atomic mass is 10.2. The molecule has 1 aromatic heterocycles. The highest BCUT2D eigenvalue weighted by molar-refractivity contribution is 6.41. The van der Waals surface area contributed by atoms with Gasteiger partial charge in [-0.1, -0.05) is 23.2 Å². The van der Waals surface area contributed by atoms with Crippen LogP contribution < -0.4 is 5.32 Å². The Morgan fingerprint density at radius 2 is 1.74 bits per heavy atom. The Morgan fingerprint density at radius 1 is 1.07 bits per heavy atom. The number of hydrogen-bond acceptors (Lipinski definition) is 6. The molecule has 0 atom stereocenters. The maximum absolute atomic E-state index is 11.9. The highest BCUT2D eigenvalue weighted by Crippen LogP contribution is 2.20. The first-order valence-corrected chi connectivity index (χ1v) is 8.61. The van der Waals surface area contributed by atoms with Crippen molar-refractivity contribution in [3.05, 3.63) is 57.8 Å². The van der Waals surface area contributed by atoms with E-state index < -0.39 is 24.5 Å². The zero-order valence-corrected chi connectivity index (χ0v) is 16.0. The molecule has 142 valence electrons. The van der Waals surface area contributed by atoms with Crippen LogP contribution in [-0.4, -0.2) is 35.5 Å². The van der Waals surface area contributed by atoms with Crippen molar-refractivity contribution < 1.29 is 23.9 Å². The van der Waals surface area contributed by atoms with Crippen LogP contribution in [0.15, 0.2) is 36.5 Å². The van der Waals surface area contributed by atoms with Crippen LogP contribution in [-0.2, 0) is 14.3 Å². The highest BCUT2D eigenvalue weighted by Gasteiger charge is 2.13. The zero-order chi connectivity index (χ0) is 20.0. The highest BCUT2D eigenvalue weighted by atomic mass is 35.5. The molecule has 1 heterocycles. The molecule has 0 aliphatic rings. The van der Waals surface area contributed by atoms with Gasteiger partial charge >= 0.3 is 11.9 Å². The van der Waals surface area contributed by atoms with Crippen LogP contribution in [0.4, 0.5) is 5.69 Å². The van der Waals surface area contributed by atoms with Gasteiger partial charge in [0.05, 0.1) is 22.3 Å². The predicted octanol–water partition coefficient (Wildman–Crippen LogP) is 3.75. The summed E-state index contributed by atoms with van der Waals surface area (Å²) in [6.07, 6.45) is 0.973. The minimum absolute atomic E-state index is 0.0617. The first-order valence-electron chi connectivity index (χ1n) is 7.85. The van der Waals surface area contributed by atoms with Crippen molar-refractivity contribution in [1.82, 2.24) is 4.98 Å². The van der Waals surface area contributed by atoms with Gasteiger partial charge in [0.15, 0.2) is 6.61 Å². The molecular weight excluding hydrogens is 395 g/mol. The lowest BCUT2D eigenvalue weighted by Gasteiger charge is -2.09. The number of esters is 2. The number of rotatable bonds is 6. The van der Waals surface area contributed by atoms with Gasteiger partial charge in [0.2, 0.25) is 0 Å². The molecule has 2 rings (SSSR count). The van der Waals surface area contributed by atoms with Crippen molar-refractivity contribution in [2.45, 2.75) is 20.0 Å². The van der Waals surface area contributed by atoms with Crippen molar-refractivity contribution in [1.29, 1.82) is 0 Å². The SMILES string of the molecule is CC(C)OC(=O)c1ccc(NC(=O)COC(=O)c2cnc(Cl)c(Cl)c2)cc1. The van der Waals surface area contributed by atoms with Crippen LogP contribution in [0.2, 0.25) is 10.2 Å². The summed E-state index contributed by atoms with van der Waals surface area (Å²) in [4.78, 5) is 39.3. The van der Waals surface area contributed by atoms with E-state index in [0.717, 1.165) is 0 Å². The Morgan fingerprint density at radius 3 is 2.33 bits per heavy atom. The third-order valence-electron chi connectivity index (χ3n) is 3.11. The molecule has 7 nitrogen and oxygen atoms in total. The van der Waals surface area contributed by atoms with E-state index in [1.807, 2.05) is 0 Å². The molecule has 0 saturated carbocycles. The molecule has 0 fully saturated rings. The maximum Gasteiger partial charge on any atom is 0.340 e. The van der Waals surface area contributed by atoms with Gasteiger partial charge < -0.3 is 14.8 Å². The molecule has 2 aromatic rings. The van der Waals surface area contributed by atoms with E-state index in [1.54, 1.807) is 26.0 Å². The average Bonchev–Trinajstić information content (AvgIpc) is 2.62. The standard InChI is InChI=1S/C18H16Cl2N2O5/c1-10(2)27-18(25)11-3-5-13(6-4-11)22-15(23)9-26-17(24)12-7-14(19)16(20)21-8-12/h3-8,10H,9H2,1-2H3,(H,22,23). The Bertz CT molecular complexity index is 853. The predicted molar refractivity (Wildman–Crippen MR) is 100 cm³/mol. The van der Waals surface area contributed by atoms with Crippen LogP contribution in [0.5, 0.6) is 0 Å². The fourth-order valence-electron chi connectivity index (χ4n) is 1.92. The molecule has 9 heteroatoms. The second-order valence-electron chi connectivity index (χ2n) is 5.65. The fraction of sp³-hybridized carbons (Fsp3) is 0.222. The second-order valence-corrected chi connectivity index (χ2v) is 6.42. The molecule has 0 radical (unpaired) electrons. The molecule has 0 spiro atoms. The van der Waals surface area contributed by atoms with Crippen LogP contribution >= 0.6 is 23.2 Å². The number of carbonyl (C=O) groups excluding carboxylic acids is 3. The minimum Gasteiger partial charge on any atom is -0.459 e. The molecule has 27 heavy (non-hydrogen) atoms. The lowest BCUT2D eigenvalue weighted by molar-refractivity contribution is -0.119. The number of hydrogen-bond donors (Lipinski definition) is 1. The smallest absolute Gasteiger partial charge is 0.340 e. The number of halogens is 2. The van der Waals surface area contributed by atoms with Crippen molar-refractivity contribution in [2.75, 3.05) is 11.9 Å². The van der Waals surface area contributed by atoms with Crippen molar-refractivity contribution in [2.24, 2.45) is 0 Å². The summed E-state index contributed by atoms with van der Waals surface area (Å²) in [5.74, 6) is -1.76. The Balaban J connectivity index is 1.87. The number of nitrogens with zero attached hydrogens (tertiary/aromatic N) is 1. The summed E-state index contributed by atoms with van der Waals surface area (Å²) >= 11 is 11.4. The molecule has 1 amide bonds. The van der Waals surface area contributed by atoms with E-state index in [-0.39, 0.29) is 21.8 Å². The number of amides is 1. The van der Waals surface area contributed by atoms with E-state index in [1.165, 1.54) is 24.4 Å². The largest absolute Gasteiger partial charge is 0.459 e. The molecule has 0 aliphatic heterocycles. The minimum atomic E-state index is -0.761. The van der Waals surface area contributed by atoms with E-state index in [4.69, 9.17) is 32.7 Å². The molecular formula is C18H16Cl2N2O5. The first-order chi connectivity index (χ1) is 12.8. The van der Waals surface area contributed by atoms with Crippen LogP contribution in [0.1, 0.15) is 34.6 Å². The second kappa shape index (κ2) is 9.34. The first kappa shape index (κ1) is 20.7. The van der Waals surface area contributed by atoms with E-state index in [2.05, 4.69) is 10.3 Å². The van der Waals surface area contributed by atoms with Crippen LogP contribution in [0.25, 0.3) is 0 Å². The van der Waals surface area contributed by atoms with E-state index >= 15 is 0 Å². The average molecular weight is 411 g/mol. The fourth-order valence-corrected chi connectivity index (χ4v) is 2.19. The molecule has 0 bridgehead atoms. The summed E-state index contributed by atoms with van der Waals surface area (Å²) in [6.45, 7) is 3.00. The summed E-state index contributed by atoms with van der Waals surface area (Å²) in [6, 6.07) is 7.42. The number of nitrogens with one attached hydrogen (secondary N) is 1. The third-order valence-corrected chi connectivity index (χ3v) is 3.80. The normalized spacial score (nSPS) is 10.4. The molecule has 0 saturated heterocycles. The number of pyridine rings is 1. The molecule has 0 aliphatic carbocycles. The quantitative estimate of drug-likeness (QED) is 0.575. The monoisotopic (exact) mass is 410 g/mol. The molecule has 1 N–H and O–H groups in total. The topological polar surface area (TPSA) is 94.6 Å². The molecule has 0 unspecified atom stereocenters. The summed E-state index contributed by atoms with van der Waals surface area (Å²) in [5, 5.41) is 2.71. The number of benzene rings is 1. The summed E-state index contributed by atoms with van der Waals surface area (Å²) in [5.41, 5.74) is 0.874. The number of anilines is 1. The van der Waals surface area contributed by atoms with Gasteiger partial charge in [-0.2, -0.15) is 0 Å². The zero-order valence-electron chi connectivity index (χ0n) is 14.5. The number of carbonyl (C=O) groups is 3. The van der Waals surface area contributed by atoms with Crippen molar-refractivity contribution in [3.63, 3.8) is 0 Å². The maximum atomic E-state index is 11.9. The third kappa shape index (κ3) is 6.23. The van der Waals surface area contributed by atoms with Gasteiger partial charge in [-0.15, -0.1) is 0 Å². The molecule has 1 aromatic carbocycles. The Kier molecular flexibility index (Phi) is 7.15. The Labute approximate surface area is 165 Å². The van der Waals surface area contributed by atoms with Gasteiger partial charge in [0, 0.05) is 11.9 Å². The van der Waals surface area contributed by atoms with Gasteiger partial charge in [-0.3, -0.25) is 4.79 Å². The van der Waals surface area contributed by atoms with Crippen molar-refractivity contribution in [3.8, 4) is 0 Å². The number of ether oxygens (including phenoxy) is 2. The van der Waals surface area contributed by atoms with E-state index in [0.29, 0.717) is 11.3 Å². The van der Waals surface area contributed by atoms with Crippen LogP contribution in [0.3, 0.4) is 0 Å². The van der Waals surface area contributed by atoms with Gasteiger partial charge in [-0.25, -0.2) is 14.6 Å². The van der Waals surface area contributed by atoms with E-state index in [9.17, 15) is 14.4 Å². The summed E-state index contributed by atoms with van der Waals surface area (Å²) in [7, 11) is 0. The summed E-state index contributed by atoms with van der Waals surface area (Å²) < 4.78 is 9.97. The van der Waals surface area contributed by atoms with Gasteiger partial charge in [0.1, 0.15) is 5.15 Å². The Hall–Kier alpha value is -2.64. The number of aromatic nitrogens is 1. The van der Waals surface area contributed by atoms with Gasteiger partial charge in [-0.05, 0) is 44.2 Å².